The van der Waals surface area contributed by atoms with Crippen molar-refractivity contribution in [2.45, 2.75) is 26.2 Å². The number of hydrogen-bond donors (Lipinski definition) is 2. The second-order valence-electron chi connectivity index (χ2n) is 5.00. The van der Waals surface area contributed by atoms with Crippen molar-refractivity contribution in [1.29, 1.82) is 0 Å². The van der Waals surface area contributed by atoms with E-state index in [1.807, 2.05) is 13.8 Å². The van der Waals surface area contributed by atoms with Crippen molar-refractivity contribution in [3.63, 3.8) is 0 Å². The maximum absolute atomic E-state index is 13.7. The van der Waals surface area contributed by atoms with E-state index < -0.39 is 11.6 Å². The fraction of sp³-hybridized carbons (Fsp3) is 0.562. The van der Waals surface area contributed by atoms with Crippen LogP contribution in [0.15, 0.2) is 23.2 Å². The summed E-state index contributed by atoms with van der Waals surface area (Å²) in [5.74, 6) is -0.518. The van der Waals surface area contributed by atoms with E-state index in [4.69, 9.17) is 4.74 Å². The fourth-order valence-corrected chi connectivity index (χ4v) is 2.01. The Hall–Kier alpha value is -1.69. The van der Waals surface area contributed by atoms with Crippen LogP contribution in [0.3, 0.4) is 0 Å². The molecule has 1 unspecified atom stereocenters. The predicted octanol–water partition coefficient (Wildman–Crippen LogP) is 2.66. The molecule has 0 aliphatic heterocycles. The van der Waals surface area contributed by atoms with E-state index in [0.717, 1.165) is 19.0 Å². The van der Waals surface area contributed by atoms with Crippen LogP contribution < -0.4 is 10.6 Å². The molecule has 0 aliphatic rings. The normalized spacial score (nSPS) is 13.0. The van der Waals surface area contributed by atoms with Gasteiger partial charge in [0.1, 0.15) is 11.6 Å². The summed E-state index contributed by atoms with van der Waals surface area (Å²) in [7, 11) is 1.68. The van der Waals surface area contributed by atoms with E-state index in [-0.39, 0.29) is 5.92 Å². The van der Waals surface area contributed by atoms with Gasteiger partial charge in [-0.3, -0.25) is 4.99 Å². The molecule has 1 rings (SSSR count). The van der Waals surface area contributed by atoms with Crippen LogP contribution in [0, 0.1) is 11.6 Å². The van der Waals surface area contributed by atoms with Crippen LogP contribution in [0.25, 0.3) is 0 Å². The number of aliphatic imine (C=N–C) groups is 1. The first-order valence-corrected chi connectivity index (χ1v) is 7.55. The highest BCUT2D eigenvalue weighted by molar-refractivity contribution is 5.79. The number of ether oxygens (including phenoxy) is 1. The summed E-state index contributed by atoms with van der Waals surface area (Å²) in [5, 5.41) is 6.30. The van der Waals surface area contributed by atoms with Crippen LogP contribution in [-0.4, -0.2) is 39.3 Å². The molecule has 0 saturated carbocycles. The molecule has 1 aromatic rings. The Morgan fingerprint density at radius 1 is 1.32 bits per heavy atom. The summed E-state index contributed by atoms with van der Waals surface area (Å²) in [5.41, 5.74) is 0.487. The number of benzene rings is 1. The highest BCUT2D eigenvalue weighted by Gasteiger charge is 2.12. The predicted molar refractivity (Wildman–Crippen MR) is 85.2 cm³/mol. The van der Waals surface area contributed by atoms with Crippen LogP contribution in [0.1, 0.15) is 31.7 Å². The summed E-state index contributed by atoms with van der Waals surface area (Å²) >= 11 is 0. The summed E-state index contributed by atoms with van der Waals surface area (Å²) < 4.78 is 31.9. The molecule has 0 spiro atoms. The molecule has 2 N–H and O–H groups in total. The van der Waals surface area contributed by atoms with Gasteiger partial charge in [-0.05, 0) is 25.0 Å². The minimum Gasteiger partial charge on any atom is -0.382 e. The second-order valence-corrected chi connectivity index (χ2v) is 5.00. The van der Waals surface area contributed by atoms with Crippen molar-refractivity contribution in [2.75, 3.05) is 33.4 Å². The fourth-order valence-electron chi connectivity index (χ4n) is 2.01. The topological polar surface area (TPSA) is 45.6 Å². The van der Waals surface area contributed by atoms with E-state index in [1.54, 1.807) is 7.05 Å². The zero-order chi connectivity index (χ0) is 16.4. The summed E-state index contributed by atoms with van der Waals surface area (Å²) in [6.07, 6.45) is 0.886. The van der Waals surface area contributed by atoms with Gasteiger partial charge in [0.05, 0.1) is 0 Å². The van der Waals surface area contributed by atoms with E-state index in [1.165, 1.54) is 12.1 Å². The molecule has 0 heterocycles. The van der Waals surface area contributed by atoms with Crippen LogP contribution in [-0.2, 0) is 4.74 Å². The van der Waals surface area contributed by atoms with Crippen LogP contribution in [0.5, 0.6) is 0 Å². The Kier molecular flexibility index (Phi) is 8.43. The van der Waals surface area contributed by atoms with E-state index in [9.17, 15) is 8.78 Å². The summed E-state index contributed by atoms with van der Waals surface area (Å²) in [6.45, 7) is 6.52. The third kappa shape index (κ3) is 6.39. The van der Waals surface area contributed by atoms with E-state index in [2.05, 4.69) is 15.6 Å². The van der Waals surface area contributed by atoms with E-state index >= 15 is 0 Å². The van der Waals surface area contributed by atoms with Gasteiger partial charge in [-0.2, -0.15) is 0 Å². The Morgan fingerprint density at radius 3 is 2.73 bits per heavy atom. The van der Waals surface area contributed by atoms with Gasteiger partial charge >= 0.3 is 0 Å². The molecule has 0 radical (unpaired) electrons. The largest absolute Gasteiger partial charge is 0.382 e. The molecule has 124 valence electrons. The van der Waals surface area contributed by atoms with Gasteiger partial charge < -0.3 is 15.4 Å². The molecule has 6 heteroatoms. The molecule has 0 aliphatic carbocycles. The third-order valence-corrected chi connectivity index (χ3v) is 3.25. The molecule has 1 atom stereocenters. The van der Waals surface area contributed by atoms with Gasteiger partial charge in [-0.15, -0.1) is 0 Å². The Morgan fingerprint density at radius 2 is 2.09 bits per heavy atom. The number of hydrogen-bond acceptors (Lipinski definition) is 2. The zero-order valence-electron chi connectivity index (χ0n) is 13.5. The third-order valence-electron chi connectivity index (χ3n) is 3.25. The summed E-state index contributed by atoms with van der Waals surface area (Å²) in [4.78, 5) is 4.11. The van der Waals surface area contributed by atoms with Gasteiger partial charge in [0.15, 0.2) is 5.96 Å². The van der Waals surface area contributed by atoms with Gasteiger partial charge in [0.25, 0.3) is 0 Å². The molecular formula is C16H25F2N3O. The van der Waals surface area contributed by atoms with Crippen molar-refractivity contribution < 1.29 is 13.5 Å². The summed E-state index contributed by atoms with van der Waals surface area (Å²) in [6, 6.07) is 3.66. The van der Waals surface area contributed by atoms with E-state index in [0.29, 0.717) is 31.3 Å². The van der Waals surface area contributed by atoms with Crippen molar-refractivity contribution in [3.05, 3.63) is 35.4 Å². The molecule has 22 heavy (non-hydrogen) atoms. The Bertz CT molecular complexity index is 480. The minimum absolute atomic E-state index is 0.0948. The molecule has 0 amide bonds. The SMILES string of the molecule is CCOCCCNC(=NC)NCC(C)c1ccc(F)cc1F. The number of rotatable bonds is 8. The standard InChI is InChI=1S/C16H25F2N3O/c1-4-22-9-5-8-20-16(19-3)21-11-12(2)14-7-6-13(17)10-15(14)18/h6-7,10,12H,4-5,8-9,11H2,1-3H3,(H2,19,20,21). The van der Waals surface area contributed by atoms with Crippen molar-refractivity contribution in [2.24, 2.45) is 4.99 Å². The first-order chi connectivity index (χ1) is 10.6. The second kappa shape index (κ2) is 10.1. The van der Waals surface area contributed by atoms with Crippen molar-refractivity contribution in [3.8, 4) is 0 Å². The highest BCUT2D eigenvalue weighted by atomic mass is 19.1. The highest BCUT2D eigenvalue weighted by Crippen LogP contribution is 2.18. The number of nitrogens with one attached hydrogen (secondary N) is 2. The van der Waals surface area contributed by atoms with Crippen LogP contribution in [0.2, 0.25) is 0 Å². The maximum Gasteiger partial charge on any atom is 0.190 e. The average Bonchev–Trinajstić information content (AvgIpc) is 2.49. The maximum atomic E-state index is 13.7. The molecule has 4 nitrogen and oxygen atoms in total. The minimum atomic E-state index is -0.562. The molecular weight excluding hydrogens is 288 g/mol. The average molecular weight is 313 g/mol. The first-order valence-electron chi connectivity index (χ1n) is 7.55. The van der Waals surface area contributed by atoms with Gasteiger partial charge in [-0.25, -0.2) is 8.78 Å². The lowest BCUT2D eigenvalue weighted by atomic mass is 10.0. The van der Waals surface area contributed by atoms with Gasteiger partial charge in [0.2, 0.25) is 0 Å². The quantitative estimate of drug-likeness (QED) is 0.441. The molecule has 0 fully saturated rings. The molecule has 1 aromatic carbocycles. The monoisotopic (exact) mass is 313 g/mol. The Balaban J connectivity index is 2.39. The lowest BCUT2D eigenvalue weighted by Crippen LogP contribution is -2.39. The smallest absolute Gasteiger partial charge is 0.190 e. The Labute approximate surface area is 131 Å². The first kappa shape index (κ1) is 18.4. The molecule has 0 saturated heterocycles. The lowest BCUT2D eigenvalue weighted by molar-refractivity contribution is 0.145. The number of halogens is 2. The number of guanidine groups is 1. The van der Waals surface area contributed by atoms with Gasteiger partial charge in [0, 0.05) is 45.3 Å². The van der Waals surface area contributed by atoms with Crippen LogP contribution in [0.4, 0.5) is 8.78 Å². The molecule has 0 bridgehead atoms. The zero-order valence-corrected chi connectivity index (χ0v) is 13.5. The lowest BCUT2D eigenvalue weighted by Gasteiger charge is -2.17. The molecule has 0 aromatic heterocycles. The van der Waals surface area contributed by atoms with Gasteiger partial charge in [-0.1, -0.05) is 13.0 Å². The van der Waals surface area contributed by atoms with Crippen molar-refractivity contribution in [1.82, 2.24) is 10.6 Å². The van der Waals surface area contributed by atoms with Crippen LogP contribution >= 0.6 is 0 Å². The van der Waals surface area contributed by atoms with Crippen molar-refractivity contribution >= 4 is 5.96 Å². The number of nitrogens with zero attached hydrogens (tertiary/aromatic N) is 1.